The zero-order valence-electron chi connectivity index (χ0n) is 10.8. The van der Waals surface area contributed by atoms with E-state index in [-0.39, 0.29) is 5.75 Å². The van der Waals surface area contributed by atoms with Gasteiger partial charge in [-0.25, -0.2) is 8.42 Å². The summed E-state index contributed by atoms with van der Waals surface area (Å²) in [5, 5.41) is -0.619. The number of aryl methyl sites for hydroxylation is 1. The maximum Gasteiger partial charge on any atom is 0.149 e. The van der Waals surface area contributed by atoms with E-state index >= 15 is 0 Å². The number of rotatable bonds is 4. The number of alkyl halides is 1. The van der Waals surface area contributed by atoms with Crippen molar-refractivity contribution in [1.29, 1.82) is 0 Å². The normalized spacial score (nSPS) is 13.4. The first kappa shape index (κ1) is 15.8. The standard InChI is InChI=1S/C12H16BrClO3S/c1-7-5-9(13)8(2)11(12(7)17-3)10(14)6-18(4,15)16/h5,10H,6H2,1-4H3. The number of methoxy groups -OCH3 is 1. The lowest BCUT2D eigenvalue weighted by Gasteiger charge is -2.19. The van der Waals surface area contributed by atoms with Gasteiger partial charge in [0.15, 0.2) is 0 Å². The van der Waals surface area contributed by atoms with E-state index < -0.39 is 15.2 Å². The van der Waals surface area contributed by atoms with E-state index in [0.29, 0.717) is 5.75 Å². The molecule has 1 atom stereocenters. The molecule has 1 aromatic rings. The smallest absolute Gasteiger partial charge is 0.149 e. The van der Waals surface area contributed by atoms with Crippen LogP contribution >= 0.6 is 27.5 Å². The monoisotopic (exact) mass is 354 g/mol. The van der Waals surface area contributed by atoms with Crippen molar-refractivity contribution >= 4 is 37.4 Å². The van der Waals surface area contributed by atoms with Crippen molar-refractivity contribution in [3.63, 3.8) is 0 Å². The van der Waals surface area contributed by atoms with Gasteiger partial charge in [0, 0.05) is 16.3 Å². The van der Waals surface area contributed by atoms with Crippen molar-refractivity contribution < 1.29 is 13.2 Å². The number of halogens is 2. The molecule has 3 nitrogen and oxygen atoms in total. The second-order valence-electron chi connectivity index (χ2n) is 4.31. The van der Waals surface area contributed by atoms with Crippen LogP contribution in [0.1, 0.15) is 22.1 Å². The minimum atomic E-state index is -3.14. The summed E-state index contributed by atoms with van der Waals surface area (Å²) < 4.78 is 29.0. The molecule has 0 aromatic heterocycles. The van der Waals surface area contributed by atoms with Gasteiger partial charge in [0.25, 0.3) is 0 Å². The summed E-state index contributed by atoms with van der Waals surface area (Å²) in [5.41, 5.74) is 2.56. The highest BCUT2D eigenvalue weighted by Crippen LogP contribution is 2.39. The molecule has 0 saturated heterocycles. The molecule has 0 saturated carbocycles. The van der Waals surface area contributed by atoms with E-state index in [1.54, 1.807) is 7.11 Å². The van der Waals surface area contributed by atoms with Crippen LogP contribution in [0.15, 0.2) is 10.5 Å². The van der Waals surface area contributed by atoms with Crippen molar-refractivity contribution in [2.24, 2.45) is 0 Å². The Hall–Kier alpha value is -0.260. The van der Waals surface area contributed by atoms with Gasteiger partial charge in [0.1, 0.15) is 15.6 Å². The summed E-state index contributed by atoms with van der Waals surface area (Å²) in [6.07, 6.45) is 1.18. The van der Waals surface area contributed by atoms with Gasteiger partial charge in [-0.2, -0.15) is 0 Å². The molecule has 102 valence electrons. The molecule has 0 heterocycles. The number of benzene rings is 1. The quantitative estimate of drug-likeness (QED) is 0.778. The molecule has 1 aromatic carbocycles. The topological polar surface area (TPSA) is 43.4 Å². The van der Waals surface area contributed by atoms with Crippen LogP contribution in [0, 0.1) is 13.8 Å². The van der Waals surface area contributed by atoms with E-state index in [2.05, 4.69) is 15.9 Å². The van der Waals surface area contributed by atoms with Crippen molar-refractivity contribution in [3.05, 3.63) is 27.2 Å². The molecule has 1 rings (SSSR count). The summed E-state index contributed by atoms with van der Waals surface area (Å²) in [5.74, 6) is 0.543. The molecule has 0 fully saturated rings. The Bertz CT molecular complexity index is 555. The molecule has 0 amide bonds. The molecule has 0 radical (unpaired) electrons. The third-order valence-electron chi connectivity index (χ3n) is 2.67. The van der Waals surface area contributed by atoms with Crippen LogP contribution in [0.3, 0.4) is 0 Å². The molecule has 0 aliphatic heterocycles. The van der Waals surface area contributed by atoms with E-state index in [4.69, 9.17) is 16.3 Å². The molecule has 18 heavy (non-hydrogen) atoms. The van der Waals surface area contributed by atoms with Gasteiger partial charge in [0.05, 0.1) is 18.2 Å². The van der Waals surface area contributed by atoms with E-state index in [0.717, 1.165) is 21.2 Å². The third kappa shape index (κ3) is 3.62. The fraction of sp³-hybridized carbons (Fsp3) is 0.500. The molecule has 1 unspecified atom stereocenters. The second-order valence-corrected chi connectivity index (χ2v) is 7.87. The van der Waals surface area contributed by atoms with Crippen molar-refractivity contribution in [1.82, 2.24) is 0 Å². The molecule has 0 N–H and O–H groups in total. The molecule has 0 aliphatic rings. The molecular formula is C12H16BrClO3S. The highest BCUT2D eigenvalue weighted by Gasteiger charge is 2.23. The Morgan fingerprint density at radius 2 is 2.00 bits per heavy atom. The maximum absolute atomic E-state index is 11.4. The number of hydrogen-bond acceptors (Lipinski definition) is 3. The van der Waals surface area contributed by atoms with E-state index in [9.17, 15) is 8.42 Å². The van der Waals surface area contributed by atoms with Crippen LogP contribution in [-0.4, -0.2) is 27.5 Å². The predicted molar refractivity (Wildman–Crippen MR) is 78.5 cm³/mol. The fourth-order valence-electron chi connectivity index (χ4n) is 1.87. The Morgan fingerprint density at radius 3 is 2.44 bits per heavy atom. The summed E-state index contributed by atoms with van der Waals surface area (Å²) in [6.45, 7) is 3.79. The molecular weight excluding hydrogens is 340 g/mol. The Balaban J connectivity index is 3.38. The molecule has 0 spiro atoms. The lowest BCUT2D eigenvalue weighted by molar-refractivity contribution is 0.406. The summed E-state index contributed by atoms with van der Waals surface area (Å²) in [7, 11) is -1.58. The van der Waals surface area contributed by atoms with Crippen LogP contribution < -0.4 is 4.74 Å². The number of ether oxygens (including phenoxy) is 1. The van der Waals surface area contributed by atoms with Crippen molar-refractivity contribution in [2.75, 3.05) is 19.1 Å². The van der Waals surface area contributed by atoms with Crippen molar-refractivity contribution in [2.45, 2.75) is 19.2 Å². The molecule has 0 bridgehead atoms. The molecule has 0 aliphatic carbocycles. The van der Waals surface area contributed by atoms with Gasteiger partial charge in [-0.15, -0.1) is 11.6 Å². The fourth-order valence-corrected chi connectivity index (χ4v) is 4.08. The average Bonchev–Trinajstić information content (AvgIpc) is 2.20. The number of sulfone groups is 1. The summed E-state index contributed by atoms with van der Waals surface area (Å²) in [4.78, 5) is 0. The third-order valence-corrected chi connectivity index (χ3v) is 4.99. The van der Waals surface area contributed by atoms with Crippen LogP contribution in [0.2, 0.25) is 0 Å². The van der Waals surface area contributed by atoms with Gasteiger partial charge in [-0.3, -0.25) is 0 Å². The Kier molecular flexibility index (Phi) is 5.09. The highest BCUT2D eigenvalue weighted by molar-refractivity contribution is 9.10. The summed E-state index contributed by atoms with van der Waals surface area (Å²) >= 11 is 9.69. The second kappa shape index (κ2) is 5.80. The molecule has 6 heteroatoms. The minimum absolute atomic E-state index is 0.109. The Morgan fingerprint density at radius 1 is 1.44 bits per heavy atom. The highest BCUT2D eigenvalue weighted by atomic mass is 79.9. The van der Waals surface area contributed by atoms with Crippen LogP contribution in [-0.2, 0) is 9.84 Å². The first-order valence-electron chi connectivity index (χ1n) is 5.32. The van der Waals surface area contributed by atoms with Crippen LogP contribution in [0.4, 0.5) is 0 Å². The van der Waals surface area contributed by atoms with Gasteiger partial charge in [0.2, 0.25) is 0 Å². The van der Waals surface area contributed by atoms with Crippen molar-refractivity contribution in [3.8, 4) is 5.75 Å². The minimum Gasteiger partial charge on any atom is -0.496 e. The predicted octanol–water partition coefficient (Wildman–Crippen LogP) is 3.40. The lowest BCUT2D eigenvalue weighted by atomic mass is 10.0. The van der Waals surface area contributed by atoms with E-state index in [1.807, 2.05) is 19.9 Å². The zero-order chi connectivity index (χ0) is 14.1. The first-order valence-corrected chi connectivity index (χ1v) is 8.61. The Labute approximate surface area is 122 Å². The lowest BCUT2D eigenvalue weighted by Crippen LogP contribution is -2.12. The first-order chi connectivity index (χ1) is 8.17. The maximum atomic E-state index is 11.4. The number of hydrogen-bond donors (Lipinski definition) is 0. The van der Waals surface area contributed by atoms with E-state index in [1.165, 1.54) is 6.26 Å². The van der Waals surface area contributed by atoms with Gasteiger partial charge < -0.3 is 4.74 Å². The average molecular weight is 356 g/mol. The van der Waals surface area contributed by atoms with Crippen LogP contribution in [0.5, 0.6) is 5.75 Å². The largest absolute Gasteiger partial charge is 0.496 e. The van der Waals surface area contributed by atoms with Gasteiger partial charge in [-0.05, 0) is 31.0 Å². The summed E-state index contributed by atoms with van der Waals surface area (Å²) in [6, 6.07) is 1.93. The van der Waals surface area contributed by atoms with Gasteiger partial charge >= 0.3 is 0 Å². The zero-order valence-corrected chi connectivity index (χ0v) is 13.9. The van der Waals surface area contributed by atoms with Gasteiger partial charge in [-0.1, -0.05) is 15.9 Å². The SMILES string of the molecule is COc1c(C)cc(Br)c(C)c1C(Cl)CS(C)(=O)=O. The van der Waals surface area contributed by atoms with Crippen LogP contribution in [0.25, 0.3) is 0 Å².